The number of likely N-dealkylation sites (tertiary alicyclic amines) is 1. The minimum atomic E-state index is -0.0737. The van der Waals surface area contributed by atoms with Gasteiger partial charge in [-0.15, -0.1) is 0 Å². The van der Waals surface area contributed by atoms with Crippen LogP contribution >= 0.6 is 0 Å². The lowest BCUT2D eigenvalue weighted by molar-refractivity contribution is 0.0602. The van der Waals surface area contributed by atoms with Crippen molar-refractivity contribution in [1.82, 2.24) is 15.2 Å². The molecule has 0 saturated carbocycles. The fourth-order valence-corrected chi connectivity index (χ4v) is 2.68. The number of carbonyl (C=O) groups is 1. The number of oxazole rings is 1. The van der Waals surface area contributed by atoms with Gasteiger partial charge in [-0.3, -0.25) is 4.79 Å². The predicted molar refractivity (Wildman–Crippen MR) is 56.9 cm³/mol. The fraction of sp³-hybridized carbons (Fsp3) is 0.636. The number of piperidine rings is 1. The SMILES string of the molecule is O=C(c1ncco1)N1CCC2CNCC2C1. The van der Waals surface area contributed by atoms with Crippen molar-refractivity contribution < 1.29 is 9.21 Å². The van der Waals surface area contributed by atoms with Gasteiger partial charge in [0.2, 0.25) is 0 Å². The first-order valence-electron chi connectivity index (χ1n) is 5.74. The van der Waals surface area contributed by atoms with E-state index in [9.17, 15) is 4.79 Å². The molecule has 3 rings (SSSR count). The van der Waals surface area contributed by atoms with E-state index >= 15 is 0 Å². The Hall–Kier alpha value is -1.36. The number of nitrogens with one attached hydrogen (secondary N) is 1. The molecule has 0 spiro atoms. The molecule has 1 aromatic rings. The van der Waals surface area contributed by atoms with Crippen LogP contribution in [0.5, 0.6) is 0 Å². The van der Waals surface area contributed by atoms with E-state index in [0.717, 1.165) is 38.5 Å². The van der Waals surface area contributed by atoms with E-state index in [2.05, 4.69) is 10.3 Å². The molecule has 0 bridgehead atoms. The van der Waals surface area contributed by atoms with Crippen LogP contribution in [0.3, 0.4) is 0 Å². The summed E-state index contributed by atoms with van der Waals surface area (Å²) in [7, 11) is 0. The molecule has 3 heterocycles. The average molecular weight is 221 g/mol. The molecule has 2 saturated heterocycles. The van der Waals surface area contributed by atoms with Gasteiger partial charge < -0.3 is 14.6 Å². The number of nitrogens with zero attached hydrogens (tertiary/aromatic N) is 2. The first-order valence-corrected chi connectivity index (χ1v) is 5.74. The Morgan fingerprint density at radius 3 is 3.19 bits per heavy atom. The highest BCUT2D eigenvalue weighted by Gasteiger charge is 2.35. The summed E-state index contributed by atoms with van der Waals surface area (Å²) in [4.78, 5) is 17.8. The van der Waals surface area contributed by atoms with Crippen LogP contribution in [0, 0.1) is 11.8 Å². The van der Waals surface area contributed by atoms with Crippen molar-refractivity contribution in [2.75, 3.05) is 26.2 Å². The summed E-state index contributed by atoms with van der Waals surface area (Å²) >= 11 is 0. The zero-order valence-corrected chi connectivity index (χ0v) is 9.06. The van der Waals surface area contributed by atoms with Crippen molar-refractivity contribution >= 4 is 5.91 Å². The maximum atomic E-state index is 12.0. The molecule has 5 heteroatoms. The smallest absolute Gasteiger partial charge is 0.309 e. The van der Waals surface area contributed by atoms with E-state index in [1.165, 1.54) is 12.5 Å². The third-order valence-corrected chi connectivity index (χ3v) is 3.61. The number of carbonyl (C=O) groups excluding carboxylic acids is 1. The van der Waals surface area contributed by atoms with Gasteiger partial charge in [-0.05, 0) is 31.3 Å². The lowest BCUT2D eigenvalue weighted by atomic mass is 9.89. The van der Waals surface area contributed by atoms with Crippen molar-refractivity contribution in [3.05, 3.63) is 18.4 Å². The van der Waals surface area contributed by atoms with Gasteiger partial charge in [0.05, 0.1) is 6.20 Å². The Bertz CT molecular complexity index is 377. The van der Waals surface area contributed by atoms with Crippen LogP contribution in [0.25, 0.3) is 0 Å². The maximum absolute atomic E-state index is 12.0. The zero-order chi connectivity index (χ0) is 11.0. The van der Waals surface area contributed by atoms with Crippen LogP contribution in [-0.4, -0.2) is 42.0 Å². The molecule has 2 atom stereocenters. The molecule has 16 heavy (non-hydrogen) atoms. The number of rotatable bonds is 1. The number of aromatic nitrogens is 1. The van der Waals surface area contributed by atoms with E-state index in [4.69, 9.17) is 4.42 Å². The molecule has 86 valence electrons. The summed E-state index contributed by atoms with van der Waals surface area (Å²) in [6, 6.07) is 0. The maximum Gasteiger partial charge on any atom is 0.309 e. The quantitative estimate of drug-likeness (QED) is 0.743. The fourth-order valence-electron chi connectivity index (χ4n) is 2.68. The number of fused-ring (bicyclic) bond motifs is 1. The third kappa shape index (κ3) is 1.61. The Kier molecular flexibility index (Phi) is 2.40. The van der Waals surface area contributed by atoms with Crippen molar-refractivity contribution in [3.63, 3.8) is 0 Å². The highest BCUT2D eigenvalue weighted by molar-refractivity contribution is 5.89. The molecule has 0 aliphatic carbocycles. The summed E-state index contributed by atoms with van der Waals surface area (Å²) in [5.74, 6) is 1.49. The van der Waals surface area contributed by atoms with Crippen molar-refractivity contribution in [1.29, 1.82) is 0 Å². The topological polar surface area (TPSA) is 58.4 Å². The molecular formula is C11H15N3O2. The summed E-state index contributed by atoms with van der Waals surface area (Å²) in [5, 5.41) is 3.38. The number of hydrogen-bond acceptors (Lipinski definition) is 4. The van der Waals surface area contributed by atoms with E-state index < -0.39 is 0 Å². The van der Waals surface area contributed by atoms with Crippen LogP contribution in [0.4, 0.5) is 0 Å². The van der Waals surface area contributed by atoms with E-state index in [0.29, 0.717) is 5.92 Å². The van der Waals surface area contributed by atoms with E-state index in [-0.39, 0.29) is 11.8 Å². The van der Waals surface area contributed by atoms with Crippen molar-refractivity contribution in [2.45, 2.75) is 6.42 Å². The predicted octanol–water partition coefficient (Wildman–Crippen LogP) is 0.356. The van der Waals surface area contributed by atoms with Gasteiger partial charge in [0.15, 0.2) is 0 Å². The molecule has 2 aliphatic heterocycles. The lowest BCUT2D eigenvalue weighted by Crippen LogP contribution is -2.43. The molecule has 1 amide bonds. The summed E-state index contributed by atoms with van der Waals surface area (Å²) < 4.78 is 5.04. The van der Waals surface area contributed by atoms with Crippen LogP contribution in [0.1, 0.15) is 17.1 Å². The highest BCUT2D eigenvalue weighted by atomic mass is 16.4. The molecular weight excluding hydrogens is 206 g/mol. The number of hydrogen-bond donors (Lipinski definition) is 1. The second-order valence-electron chi connectivity index (χ2n) is 4.56. The van der Waals surface area contributed by atoms with Crippen molar-refractivity contribution in [3.8, 4) is 0 Å². The summed E-state index contributed by atoms with van der Waals surface area (Å²) in [6.07, 6.45) is 4.04. The van der Waals surface area contributed by atoms with Gasteiger partial charge in [-0.25, -0.2) is 4.98 Å². The second-order valence-corrected chi connectivity index (χ2v) is 4.56. The Balaban J connectivity index is 1.70. The molecule has 1 aromatic heterocycles. The van der Waals surface area contributed by atoms with Crippen LogP contribution in [0.15, 0.2) is 16.9 Å². The standard InChI is InChI=1S/C11H15N3O2/c15-11(10-13-2-4-16-10)14-3-1-8-5-12-6-9(8)7-14/h2,4,8-9,12H,1,3,5-7H2. The van der Waals surface area contributed by atoms with Gasteiger partial charge in [0.25, 0.3) is 5.89 Å². The third-order valence-electron chi connectivity index (χ3n) is 3.61. The molecule has 0 radical (unpaired) electrons. The van der Waals surface area contributed by atoms with Gasteiger partial charge in [0.1, 0.15) is 6.26 Å². The summed E-state index contributed by atoms with van der Waals surface area (Å²) in [6.45, 7) is 3.79. The monoisotopic (exact) mass is 221 g/mol. The van der Waals surface area contributed by atoms with Gasteiger partial charge in [0, 0.05) is 13.1 Å². The van der Waals surface area contributed by atoms with Crippen LogP contribution in [0.2, 0.25) is 0 Å². The van der Waals surface area contributed by atoms with Crippen LogP contribution < -0.4 is 5.32 Å². The molecule has 0 aromatic carbocycles. The van der Waals surface area contributed by atoms with Crippen LogP contribution in [-0.2, 0) is 0 Å². The molecule has 2 aliphatic rings. The average Bonchev–Trinajstić information content (AvgIpc) is 2.98. The molecule has 2 unspecified atom stereocenters. The zero-order valence-electron chi connectivity index (χ0n) is 9.06. The van der Waals surface area contributed by atoms with Gasteiger partial charge in [-0.2, -0.15) is 0 Å². The minimum absolute atomic E-state index is 0.0737. The number of amides is 1. The minimum Gasteiger partial charge on any atom is -0.441 e. The van der Waals surface area contributed by atoms with Gasteiger partial charge >= 0.3 is 5.91 Å². The normalized spacial score (nSPS) is 29.1. The Morgan fingerprint density at radius 2 is 2.38 bits per heavy atom. The Labute approximate surface area is 93.8 Å². The summed E-state index contributed by atoms with van der Waals surface area (Å²) in [5.41, 5.74) is 0. The first kappa shape index (κ1) is 9.84. The van der Waals surface area contributed by atoms with Crippen molar-refractivity contribution in [2.24, 2.45) is 11.8 Å². The Morgan fingerprint density at radius 1 is 1.50 bits per heavy atom. The molecule has 5 nitrogen and oxygen atoms in total. The largest absolute Gasteiger partial charge is 0.441 e. The molecule has 2 fully saturated rings. The van der Waals surface area contributed by atoms with E-state index in [1.54, 1.807) is 0 Å². The first-order chi connectivity index (χ1) is 7.84. The van der Waals surface area contributed by atoms with E-state index in [1.807, 2.05) is 4.90 Å². The second kappa shape index (κ2) is 3.90. The lowest BCUT2D eigenvalue weighted by Gasteiger charge is -2.33. The van der Waals surface area contributed by atoms with Gasteiger partial charge in [-0.1, -0.05) is 0 Å². The highest BCUT2D eigenvalue weighted by Crippen LogP contribution is 2.27. The molecule has 1 N–H and O–H groups in total.